The lowest BCUT2D eigenvalue weighted by molar-refractivity contribution is 0.367. The first-order valence-electron chi connectivity index (χ1n) is 3.02. The molecule has 0 aromatic heterocycles. The molecule has 0 amide bonds. The zero-order chi connectivity index (χ0) is 6.85. The van der Waals surface area contributed by atoms with E-state index in [0.717, 1.165) is 19.4 Å². The second kappa shape index (κ2) is 3.42. The van der Waals surface area contributed by atoms with Gasteiger partial charge in [0.05, 0.1) is 5.37 Å². The quantitative estimate of drug-likeness (QED) is 0.477. The Hall–Kier alpha value is 1.01. The van der Waals surface area contributed by atoms with Crippen LogP contribution in [0.2, 0.25) is 0 Å². The van der Waals surface area contributed by atoms with Gasteiger partial charge < -0.3 is 0 Å². The first-order valence-corrected chi connectivity index (χ1v) is 4.45. The van der Waals surface area contributed by atoms with Gasteiger partial charge in [-0.05, 0) is 12.8 Å². The third-order valence-electron chi connectivity index (χ3n) is 1.50. The Morgan fingerprint density at radius 1 is 1.22 bits per heavy atom. The summed E-state index contributed by atoms with van der Waals surface area (Å²) >= 11 is 12.9. The summed E-state index contributed by atoms with van der Waals surface area (Å²) in [4.78, 5) is 0. The van der Waals surface area contributed by atoms with Gasteiger partial charge in [0.2, 0.25) is 0 Å². The van der Waals surface area contributed by atoms with Crippen LogP contribution in [0.5, 0.6) is 0 Å². The average Bonchev–Trinajstić information content (AvgIpc) is 1.80. The number of rotatable bonds is 0. The largest absolute Gasteiger partial charge is 0.239 e. The van der Waals surface area contributed by atoms with Gasteiger partial charge in [-0.1, -0.05) is 12.8 Å². The van der Waals surface area contributed by atoms with Crippen molar-refractivity contribution in [2.24, 2.45) is 0 Å². The van der Waals surface area contributed by atoms with Crippen molar-refractivity contribution >= 4 is 38.1 Å². The molecule has 0 aliphatic carbocycles. The Labute approximate surface area is 72.6 Å². The van der Waals surface area contributed by atoms with E-state index in [1.165, 1.54) is 0 Å². The fourth-order valence-corrected chi connectivity index (χ4v) is 1.93. The van der Waals surface area contributed by atoms with Crippen LogP contribution in [0.4, 0.5) is 0 Å². The molecule has 0 aromatic carbocycles. The first kappa shape index (κ1) is 8.11. The van der Waals surface area contributed by atoms with Crippen LogP contribution in [0.3, 0.4) is 0 Å². The summed E-state index contributed by atoms with van der Waals surface area (Å²) < 4.78 is 1.93. The molecule has 1 nitrogen and oxygen atoms in total. The highest BCUT2D eigenvalue weighted by Crippen LogP contribution is 2.23. The van der Waals surface area contributed by atoms with E-state index in [1.807, 2.05) is 4.31 Å². The lowest BCUT2D eigenvalue weighted by Crippen LogP contribution is -2.34. The second-order valence-corrected chi connectivity index (χ2v) is 4.17. The smallest absolute Gasteiger partial charge is 0.0625 e. The van der Waals surface area contributed by atoms with Crippen molar-refractivity contribution in [1.29, 1.82) is 0 Å². The van der Waals surface area contributed by atoms with Gasteiger partial charge in [0.15, 0.2) is 0 Å². The molecule has 1 aliphatic rings. The summed E-state index contributed by atoms with van der Waals surface area (Å²) in [6, 6.07) is 0. The number of piperidine rings is 1. The van der Waals surface area contributed by atoms with Gasteiger partial charge in [0, 0.05) is 11.8 Å². The third-order valence-corrected chi connectivity index (χ3v) is 3.08. The third kappa shape index (κ3) is 2.26. The average molecular weight is 181 g/mol. The Bertz CT molecular complexity index is 98.2. The van der Waals surface area contributed by atoms with E-state index in [9.17, 15) is 0 Å². The molecule has 0 bridgehead atoms. The minimum Gasteiger partial charge on any atom is -0.239 e. The van der Waals surface area contributed by atoms with Crippen LogP contribution in [0.25, 0.3) is 0 Å². The van der Waals surface area contributed by atoms with Gasteiger partial charge in [-0.25, -0.2) is 4.31 Å². The normalized spacial score (nSPS) is 39.0. The van der Waals surface area contributed by atoms with Gasteiger partial charge in [0.25, 0.3) is 0 Å². The van der Waals surface area contributed by atoms with Crippen molar-refractivity contribution in [3.05, 3.63) is 0 Å². The van der Waals surface area contributed by atoms with Crippen molar-refractivity contribution in [3.63, 3.8) is 0 Å². The molecule has 4 heteroatoms. The maximum Gasteiger partial charge on any atom is 0.0625 e. The molecule has 0 radical (unpaired) electrons. The monoisotopic (exact) mass is 181 g/mol. The molecule has 0 aromatic rings. The first-order chi connectivity index (χ1) is 4.20. The van der Waals surface area contributed by atoms with E-state index in [1.54, 1.807) is 0 Å². The minimum absolute atomic E-state index is 0.330. The van der Waals surface area contributed by atoms with Crippen molar-refractivity contribution < 1.29 is 0 Å². The number of nitrogens with zero attached hydrogens (tertiary/aromatic N) is 1. The van der Waals surface area contributed by atoms with Crippen LogP contribution < -0.4 is 0 Å². The summed E-state index contributed by atoms with van der Waals surface area (Å²) in [5.41, 5.74) is 0. The van der Waals surface area contributed by atoms with Crippen molar-refractivity contribution in [3.8, 4) is 0 Å². The molecular weight excluding hydrogens is 170 g/mol. The van der Waals surface area contributed by atoms with E-state index < -0.39 is 0 Å². The Morgan fingerprint density at radius 2 is 1.89 bits per heavy atom. The highest BCUT2D eigenvalue weighted by Gasteiger charge is 2.20. The Morgan fingerprint density at radius 3 is 2.33 bits per heavy atom. The Balaban J connectivity index is 2.35. The van der Waals surface area contributed by atoms with E-state index in [0.29, 0.717) is 10.6 Å². The van der Waals surface area contributed by atoms with E-state index >= 15 is 0 Å². The fraction of sp³-hybridized carbons (Fsp3) is 1.00. The lowest BCUT2D eigenvalue weighted by atomic mass is 10.2. The molecular formula is C5H11NS3. The molecule has 1 saturated heterocycles. The minimum atomic E-state index is 0.330. The predicted octanol–water partition coefficient (Wildman–Crippen LogP) is 1.48. The fourth-order valence-electron chi connectivity index (χ4n) is 0.919. The summed E-state index contributed by atoms with van der Waals surface area (Å²) in [7, 11) is 0. The molecule has 0 saturated carbocycles. The van der Waals surface area contributed by atoms with Crippen LogP contribution in [0, 0.1) is 0 Å². The van der Waals surface area contributed by atoms with Crippen LogP contribution in [0.1, 0.15) is 12.8 Å². The molecule has 1 rings (SSSR count). The van der Waals surface area contributed by atoms with Crippen molar-refractivity contribution in [2.45, 2.75) is 23.5 Å². The van der Waals surface area contributed by atoms with E-state index in [2.05, 4.69) is 38.1 Å². The SMILES string of the molecule is SC1CCC(S)N(S)C1. The maximum atomic E-state index is 4.34. The van der Waals surface area contributed by atoms with Gasteiger partial charge in [-0.3, -0.25) is 0 Å². The van der Waals surface area contributed by atoms with Crippen molar-refractivity contribution in [2.75, 3.05) is 6.54 Å². The number of hydrogen-bond acceptors (Lipinski definition) is 4. The molecule has 2 unspecified atom stereocenters. The van der Waals surface area contributed by atoms with Crippen LogP contribution in [-0.4, -0.2) is 21.5 Å². The molecule has 1 fully saturated rings. The zero-order valence-electron chi connectivity index (χ0n) is 5.06. The molecule has 0 spiro atoms. The standard InChI is InChI=1S/C5H11NS3/c7-4-1-2-5(8)6(9)3-4/h4-5,7-9H,1-3H2. The molecule has 2 atom stereocenters. The van der Waals surface area contributed by atoms with Gasteiger partial charge >= 0.3 is 0 Å². The highest BCUT2D eigenvalue weighted by molar-refractivity contribution is 7.83. The second-order valence-electron chi connectivity index (χ2n) is 2.33. The molecule has 54 valence electrons. The van der Waals surface area contributed by atoms with Crippen LogP contribution in [-0.2, 0) is 0 Å². The van der Waals surface area contributed by atoms with E-state index in [-0.39, 0.29) is 0 Å². The van der Waals surface area contributed by atoms with Gasteiger partial charge in [0.1, 0.15) is 0 Å². The number of thiol groups is 3. The summed E-state index contributed by atoms with van der Waals surface area (Å²) in [5.74, 6) is 0. The zero-order valence-corrected chi connectivity index (χ0v) is 7.75. The van der Waals surface area contributed by atoms with Gasteiger partial charge in [-0.2, -0.15) is 25.3 Å². The Kier molecular flexibility index (Phi) is 3.08. The predicted molar refractivity (Wildman–Crippen MR) is 50.5 cm³/mol. The van der Waals surface area contributed by atoms with E-state index in [4.69, 9.17) is 0 Å². The maximum absolute atomic E-state index is 4.34. The molecule has 0 N–H and O–H groups in total. The van der Waals surface area contributed by atoms with Crippen LogP contribution in [0.15, 0.2) is 0 Å². The highest BCUT2D eigenvalue weighted by atomic mass is 32.1. The van der Waals surface area contributed by atoms with Crippen molar-refractivity contribution in [1.82, 2.24) is 4.31 Å². The summed E-state index contributed by atoms with van der Waals surface area (Å²) in [5, 5.41) is 0.822. The summed E-state index contributed by atoms with van der Waals surface area (Å²) in [6.45, 7) is 0.945. The van der Waals surface area contributed by atoms with Crippen LogP contribution >= 0.6 is 38.1 Å². The lowest BCUT2D eigenvalue weighted by Gasteiger charge is -2.30. The summed E-state index contributed by atoms with van der Waals surface area (Å²) in [6.07, 6.45) is 2.26. The number of hydrogen-bond donors (Lipinski definition) is 3. The molecule has 1 aliphatic heterocycles. The molecule has 9 heavy (non-hydrogen) atoms. The molecule has 1 heterocycles. The topological polar surface area (TPSA) is 3.24 Å². The van der Waals surface area contributed by atoms with Gasteiger partial charge in [-0.15, -0.1) is 0 Å².